The van der Waals surface area contributed by atoms with Crippen LogP contribution >= 0.6 is 46.4 Å². The van der Waals surface area contributed by atoms with Crippen LogP contribution in [0.5, 0.6) is 0 Å². The fourth-order valence-corrected chi connectivity index (χ4v) is 5.28. The van der Waals surface area contributed by atoms with E-state index >= 15 is 0 Å². The van der Waals surface area contributed by atoms with Gasteiger partial charge in [-0.25, -0.2) is 4.79 Å². The van der Waals surface area contributed by atoms with Crippen molar-refractivity contribution in [3.05, 3.63) is 91.4 Å². The van der Waals surface area contributed by atoms with Crippen LogP contribution in [-0.2, 0) is 17.6 Å². The lowest BCUT2D eigenvalue weighted by atomic mass is 9.91. The van der Waals surface area contributed by atoms with Crippen molar-refractivity contribution in [2.24, 2.45) is 7.05 Å². The molecule has 1 aliphatic rings. The van der Waals surface area contributed by atoms with Gasteiger partial charge in [0.1, 0.15) is 0 Å². The van der Waals surface area contributed by atoms with Crippen LogP contribution in [0.3, 0.4) is 0 Å². The molecule has 3 aromatic carbocycles. The molecule has 0 saturated heterocycles. The van der Waals surface area contributed by atoms with Gasteiger partial charge in [0.25, 0.3) is 5.79 Å². The Balaban J connectivity index is 1.95. The largest absolute Gasteiger partial charge is 0.420 e. The molecule has 1 atom stereocenters. The molecule has 0 saturated carbocycles. The number of cyclic esters (lactones) is 1. The number of nitrogens with zero attached hydrogens (tertiary/aromatic N) is 1. The smallest absolute Gasteiger partial charge is 0.343 e. The van der Waals surface area contributed by atoms with Gasteiger partial charge in [-0.2, -0.15) is 0 Å². The quantitative estimate of drug-likeness (QED) is 0.189. The van der Waals surface area contributed by atoms with Crippen LogP contribution in [0.1, 0.15) is 21.5 Å². The lowest BCUT2D eigenvalue weighted by molar-refractivity contribution is -0.127. The Hall–Kier alpha value is -2.21. The Morgan fingerprint density at radius 3 is 2.16 bits per heavy atom. The molecule has 1 aliphatic heterocycles. The van der Waals surface area contributed by atoms with Crippen LogP contribution in [0.15, 0.2) is 54.6 Å². The van der Waals surface area contributed by atoms with Gasteiger partial charge in [0.05, 0.1) is 42.5 Å². The summed E-state index contributed by atoms with van der Waals surface area (Å²) in [5, 5.41) is 12.3. The minimum atomic E-state index is -2.23. The molecule has 0 bridgehead atoms. The van der Waals surface area contributed by atoms with Crippen LogP contribution in [0.4, 0.5) is 0 Å². The second-order valence-corrected chi connectivity index (χ2v) is 8.72. The Morgan fingerprint density at radius 2 is 1.45 bits per heavy atom. The van der Waals surface area contributed by atoms with Gasteiger partial charge in [-0.1, -0.05) is 94.9 Å². The molecule has 4 nitrogen and oxygen atoms in total. The third-order valence-electron chi connectivity index (χ3n) is 5.54. The predicted molar refractivity (Wildman–Crippen MR) is 123 cm³/mol. The number of aryl methyl sites for hydroxylation is 1. The summed E-state index contributed by atoms with van der Waals surface area (Å²) in [6.07, 6.45) is 0. The second kappa shape index (κ2) is 7.16. The monoisotopic (exact) mass is 491 g/mol. The first-order valence-electron chi connectivity index (χ1n) is 9.22. The second-order valence-electron chi connectivity index (χ2n) is 7.21. The number of halogens is 4. The summed E-state index contributed by atoms with van der Waals surface area (Å²) in [5.41, 5.74) is 2.54. The van der Waals surface area contributed by atoms with Crippen LogP contribution in [0.2, 0.25) is 20.1 Å². The molecule has 1 aromatic heterocycles. The molecule has 0 amide bonds. The van der Waals surface area contributed by atoms with Crippen molar-refractivity contribution in [2.75, 3.05) is 0 Å². The highest BCUT2D eigenvalue weighted by atomic mass is 35.5. The van der Waals surface area contributed by atoms with E-state index in [0.717, 1.165) is 11.1 Å². The third kappa shape index (κ3) is 2.76. The summed E-state index contributed by atoms with van der Waals surface area (Å²) in [7, 11) is 1.87. The first-order chi connectivity index (χ1) is 14.8. The number of carbonyl (C=O) groups excluding carboxylic acids is 1. The van der Waals surface area contributed by atoms with E-state index in [1.807, 2.05) is 66.2 Å². The Morgan fingerprint density at radius 1 is 0.839 bits per heavy atom. The van der Waals surface area contributed by atoms with Crippen LogP contribution in [0, 0.1) is 0 Å². The number of aromatic nitrogens is 1. The van der Waals surface area contributed by atoms with Gasteiger partial charge in [0.15, 0.2) is 0 Å². The highest BCUT2D eigenvalue weighted by molar-refractivity contribution is 6.53. The summed E-state index contributed by atoms with van der Waals surface area (Å²) >= 11 is 25.2. The zero-order valence-electron chi connectivity index (χ0n) is 15.9. The minimum Gasteiger partial charge on any atom is -0.420 e. The van der Waals surface area contributed by atoms with E-state index in [2.05, 4.69) is 0 Å². The van der Waals surface area contributed by atoms with Gasteiger partial charge < -0.3 is 14.4 Å². The Labute approximate surface area is 197 Å². The number of esters is 1. The zero-order chi connectivity index (χ0) is 22.1. The topological polar surface area (TPSA) is 51.5 Å². The van der Waals surface area contributed by atoms with Crippen LogP contribution in [0.25, 0.3) is 22.2 Å². The third-order valence-corrected chi connectivity index (χ3v) is 7.35. The number of aliphatic hydroxyl groups is 1. The molecular formula is C23H13Cl4NO3. The highest BCUT2D eigenvalue weighted by Gasteiger charge is 2.52. The van der Waals surface area contributed by atoms with Crippen molar-refractivity contribution in [3.63, 3.8) is 0 Å². The van der Waals surface area contributed by atoms with E-state index in [1.165, 1.54) is 0 Å². The normalized spacial score (nSPS) is 17.8. The number of benzene rings is 3. The maximum atomic E-state index is 12.8. The number of hydrogen-bond acceptors (Lipinski definition) is 3. The van der Waals surface area contributed by atoms with Gasteiger partial charge >= 0.3 is 5.97 Å². The maximum absolute atomic E-state index is 12.8. The molecule has 0 radical (unpaired) electrons. The molecule has 2 heterocycles. The summed E-state index contributed by atoms with van der Waals surface area (Å²) in [5.74, 6) is -3.07. The standard InChI is InChI=1S/C23H13Cl4NO3/c1-28-13-10-6-5-9-12(13)15(21(28)11-7-3-2-4-8-11)23(30)16-14(22(29)31-23)17(24)19(26)20(27)18(16)25/h2-10,30H,1H3. The summed E-state index contributed by atoms with van der Waals surface area (Å²) in [6.45, 7) is 0. The van der Waals surface area contributed by atoms with E-state index in [0.29, 0.717) is 16.6 Å². The van der Waals surface area contributed by atoms with Crippen molar-refractivity contribution < 1.29 is 14.6 Å². The van der Waals surface area contributed by atoms with E-state index in [4.69, 9.17) is 51.1 Å². The van der Waals surface area contributed by atoms with Crippen molar-refractivity contribution in [1.29, 1.82) is 0 Å². The number of ether oxygens (including phenoxy) is 1. The minimum absolute atomic E-state index is 0.0212. The molecule has 31 heavy (non-hydrogen) atoms. The van der Waals surface area contributed by atoms with E-state index in [1.54, 1.807) is 0 Å². The SMILES string of the molecule is Cn1c(-c2ccccc2)c(C2(O)OC(=O)c3c(Cl)c(Cl)c(Cl)c(Cl)c32)c2ccccc21. The molecule has 0 spiro atoms. The van der Waals surface area contributed by atoms with Gasteiger partial charge in [-0.3, -0.25) is 0 Å². The summed E-state index contributed by atoms with van der Waals surface area (Å²) in [4.78, 5) is 12.8. The molecule has 1 unspecified atom stereocenters. The Kier molecular flexibility index (Phi) is 4.77. The average Bonchev–Trinajstić information content (AvgIpc) is 3.23. The van der Waals surface area contributed by atoms with E-state index < -0.39 is 11.8 Å². The zero-order valence-corrected chi connectivity index (χ0v) is 18.9. The average molecular weight is 493 g/mol. The number of hydrogen-bond donors (Lipinski definition) is 1. The molecule has 0 fully saturated rings. The lowest BCUT2D eigenvalue weighted by Crippen LogP contribution is -2.28. The lowest BCUT2D eigenvalue weighted by Gasteiger charge is -2.25. The van der Waals surface area contributed by atoms with Crippen molar-refractivity contribution in [3.8, 4) is 11.3 Å². The number of fused-ring (bicyclic) bond motifs is 2. The molecule has 4 aromatic rings. The van der Waals surface area contributed by atoms with E-state index in [9.17, 15) is 9.90 Å². The summed E-state index contributed by atoms with van der Waals surface area (Å²) in [6, 6.07) is 17.0. The first-order valence-corrected chi connectivity index (χ1v) is 10.7. The van der Waals surface area contributed by atoms with E-state index in [-0.39, 0.29) is 31.2 Å². The Bertz CT molecular complexity index is 1400. The fraction of sp³-hybridized carbons (Fsp3) is 0.0870. The molecule has 0 aliphatic carbocycles. The molecule has 8 heteroatoms. The van der Waals surface area contributed by atoms with Crippen LogP contribution < -0.4 is 0 Å². The predicted octanol–water partition coefficient (Wildman–Crippen LogP) is 6.82. The van der Waals surface area contributed by atoms with Crippen molar-refractivity contribution >= 4 is 63.3 Å². The number of carbonyl (C=O) groups is 1. The van der Waals surface area contributed by atoms with Gasteiger partial charge in [0.2, 0.25) is 0 Å². The molecule has 5 rings (SSSR count). The van der Waals surface area contributed by atoms with Gasteiger partial charge in [0, 0.05) is 18.0 Å². The molecule has 156 valence electrons. The molecule has 1 N–H and O–H groups in total. The van der Waals surface area contributed by atoms with Crippen molar-refractivity contribution in [1.82, 2.24) is 4.57 Å². The maximum Gasteiger partial charge on any atom is 0.343 e. The summed E-state index contributed by atoms with van der Waals surface area (Å²) < 4.78 is 7.51. The number of para-hydroxylation sites is 1. The van der Waals surface area contributed by atoms with Crippen LogP contribution in [-0.4, -0.2) is 15.6 Å². The number of rotatable bonds is 2. The van der Waals surface area contributed by atoms with Gasteiger partial charge in [-0.15, -0.1) is 0 Å². The van der Waals surface area contributed by atoms with Gasteiger partial charge in [-0.05, 0) is 11.6 Å². The first kappa shape index (κ1) is 20.7. The fourth-order valence-electron chi connectivity index (χ4n) is 4.22. The van der Waals surface area contributed by atoms with Crippen molar-refractivity contribution in [2.45, 2.75) is 5.79 Å². The highest BCUT2D eigenvalue weighted by Crippen LogP contribution is 2.54. The molecular weight excluding hydrogens is 480 g/mol.